The lowest BCUT2D eigenvalue weighted by molar-refractivity contribution is -0.274. The normalized spacial score (nSPS) is 15.4. The number of nitrogens with zero attached hydrogens (tertiary/aromatic N) is 1. The molecule has 0 aliphatic carbocycles. The van der Waals surface area contributed by atoms with Crippen LogP contribution in [0.1, 0.15) is 18.4 Å². The zero-order valence-corrected chi connectivity index (χ0v) is 17.2. The van der Waals surface area contributed by atoms with Crippen LogP contribution < -0.4 is 20.1 Å². The van der Waals surface area contributed by atoms with Crippen molar-refractivity contribution in [1.82, 2.24) is 10.2 Å². The maximum atomic E-state index is 12.5. The first-order valence-corrected chi connectivity index (χ1v) is 10.1. The number of halogens is 3. The molecule has 2 amide bonds. The summed E-state index contributed by atoms with van der Waals surface area (Å²) < 4.78 is 45.8. The van der Waals surface area contributed by atoms with Crippen molar-refractivity contribution >= 4 is 11.7 Å². The minimum atomic E-state index is -4.75. The predicted octanol–water partition coefficient (Wildman–Crippen LogP) is 4.42. The standard InChI is InChI=1S/C22H26F3N3O3/c1-30-19-8-4-16(5-9-19)14-18(15-28-12-2-3-13-28)27-21(29)26-17-6-10-20(11-7-17)31-22(23,24)25/h4-11,18H,2-3,12-15H2,1H3,(H2,26,27,29)/t18-/m0/s1. The lowest BCUT2D eigenvalue weighted by atomic mass is 10.1. The van der Waals surface area contributed by atoms with Gasteiger partial charge in [0.2, 0.25) is 0 Å². The quantitative estimate of drug-likeness (QED) is 0.642. The van der Waals surface area contributed by atoms with E-state index >= 15 is 0 Å². The maximum absolute atomic E-state index is 12.5. The van der Waals surface area contributed by atoms with Crippen molar-refractivity contribution in [1.29, 1.82) is 0 Å². The molecule has 2 N–H and O–H groups in total. The molecule has 0 bridgehead atoms. The molecule has 3 rings (SSSR count). The molecular weight excluding hydrogens is 411 g/mol. The van der Waals surface area contributed by atoms with Crippen LogP contribution in [0.3, 0.4) is 0 Å². The Hall–Kier alpha value is -2.94. The number of hydrogen-bond donors (Lipinski definition) is 2. The number of alkyl halides is 3. The van der Waals surface area contributed by atoms with Gasteiger partial charge in [-0.2, -0.15) is 0 Å². The van der Waals surface area contributed by atoms with E-state index in [1.54, 1.807) is 7.11 Å². The average Bonchev–Trinajstić information content (AvgIpc) is 3.22. The summed E-state index contributed by atoms with van der Waals surface area (Å²) in [7, 11) is 1.61. The van der Waals surface area contributed by atoms with E-state index in [9.17, 15) is 18.0 Å². The smallest absolute Gasteiger partial charge is 0.497 e. The Labute approximate surface area is 179 Å². The minimum absolute atomic E-state index is 0.126. The highest BCUT2D eigenvalue weighted by molar-refractivity contribution is 5.89. The molecular formula is C22H26F3N3O3. The number of hydrogen-bond acceptors (Lipinski definition) is 4. The summed E-state index contributed by atoms with van der Waals surface area (Å²) in [4.78, 5) is 14.8. The summed E-state index contributed by atoms with van der Waals surface area (Å²) in [5.74, 6) is 0.424. The van der Waals surface area contributed by atoms with E-state index < -0.39 is 12.4 Å². The Balaban J connectivity index is 1.60. The number of likely N-dealkylation sites (tertiary alicyclic amines) is 1. The van der Waals surface area contributed by atoms with Gasteiger partial charge in [-0.25, -0.2) is 4.79 Å². The highest BCUT2D eigenvalue weighted by Crippen LogP contribution is 2.24. The van der Waals surface area contributed by atoms with E-state index in [1.165, 1.54) is 12.1 Å². The Bertz CT molecular complexity index is 836. The monoisotopic (exact) mass is 437 g/mol. The molecule has 168 valence electrons. The van der Waals surface area contributed by atoms with Crippen LogP contribution in [0.5, 0.6) is 11.5 Å². The first-order chi connectivity index (χ1) is 14.8. The summed E-state index contributed by atoms with van der Waals surface area (Å²) in [6.45, 7) is 2.73. The SMILES string of the molecule is COc1ccc(C[C@@H](CN2CCCC2)NC(=O)Nc2ccc(OC(F)(F)F)cc2)cc1. The van der Waals surface area contributed by atoms with Gasteiger partial charge in [-0.3, -0.25) is 0 Å². The second kappa shape index (κ2) is 10.4. The van der Waals surface area contributed by atoms with E-state index in [1.807, 2.05) is 24.3 Å². The van der Waals surface area contributed by atoms with Gasteiger partial charge in [-0.05, 0) is 74.3 Å². The van der Waals surface area contributed by atoms with Gasteiger partial charge >= 0.3 is 12.4 Å². The molecule has 1 saturated heterocycles. The van der Waals surface area contributed by atoms with Crippen molar-refractivity contribution < 1.29 is 27.4 Å². The van der Waals surface area contributed by atoms with Crippen molar-refractivity contribution in [3.63, 3.8) is 0 Å². The fourth-order valence-electron chi connectivity index (χ4n) is 3.58. The summed E-state index contributed by atoms with van der Waals surface area (Å²) in [5, 5.41) is 5.65. The molecule has 9 heteroatoms. The molecule has 1 heterocycles. The third-order valence-electron chi connectivity index (χ3n) is 5.00. The van der Waals surface area contributed by atoms with E-state index in [-0.39, 0.29) is 11.8 Å². The Morgan fingerprint density at radius 1 is 1.03 bits per heavy atom. The van der Waals surface area contributed by atoms with E-state index in [0.29, 0.717) is 12.1 Å². The Kier molecular flexibility index (Phi) is 7.62. The number of benzene rings is 2. The summed E-state index contributed by atoms with van der Waals surface area (Å²) in [6, 6.07) is 12.2. The predicted molar refractivity (Wildman–Crippen MR) is 111 cm³/mol. The van der Waals surface area contributed by atoms with E-state index in [0.717, 1.165) is 55.9 Å². The molecule has 31 heavy (non-hydrogen) atoms. The third-order valence-corrected chi connectivity index (χ3v) is 5.00. The van der Waals surface area contributed by atoms with Gasteiger partial charge in [0, 0.05) is 18.3 Å². The Morgan fingerprint density at radius 2 is 1.65 bits per heavy atom. The molecule has 1 aliphatic heterocycles. The zero-order chi connectivity index (χ0) is 22.3. The van der Waals surface area contributed by atoms with Crippen LogP contribution in [0.4, 0.5) is 23.7 Å². The number of carbonyl (C=O) groups excluding carboxylic acids is 1. The first kappa shape index (κ1) is 22.7. The topological polar surface area (TPSA) is 62.8 Å². The van der Waals surface area contributed by atoms with Gasteiger partial charge in [-0.1, -0.05) is 12.1 Å². The molecule has 0 unspecified atom stereocenters. The Morgan fingerprint density at radius 3 is 2.23 bits per heavy atom. The fourth-order valence-corrected chi connectivity index (χ4v) is 3.58. The van der Waals surface area contributed by atoms with Crippen LogP contribution >= 0.6 is 0 Å². The largest absolute Gasteiger partial charge is 0.573 e. The van der Waals surface area contributed by atoms with Gasteiger partial charge in [-0.15, -0.1) is 13.2 Å². The second-order valence-electron chi connectivity index (χ2n) is 7.43. The lowest BCUT2D eigenvalue weighted by Gasteiger charge is -2.25. The number of anilines is 1. The molecule has 6 nitrogen and oxygen atoms in total. The molecule has 0 aromatic heterocycles. The van der Waals surface area contributed by atoms with Crippen molar-refractivity contribution in [3.8, 4) is 11.5 Å². The van der Waals surface area contributed by atoms with Crippen LogP contribution in [-0.2, 0) is 6.42 Å². The molecule has 1 fully saturated rings. The zero-order valence-electron chi connectivity index (χ0n) is 17.2. The fraction of sp³-hybridized carbons (Fsp3) is 0.409. The van der Waals surface area contributed by atoms with Gasteiger partial charge in [0.05, 0.1) is 7.11 Å². The number of methoxy groups -OCH3 is 1. The van der Waals surface area contributed by atoms with Crippen LogP contribution in [-0.4, -0.2) is 50.1 Å². The number of amides is 2. The third kappa shape index (κ3) is 7.67. The van der Waals surface area contributed by atoms with Gasteiger partial charge in [0.1, 0.15) is 11.5 Å². The number of rotatable bonds is 8. The number of carbonyl (C=O) groups is 1. The van der Waals surface area contributed by atoms with Crippen molar-refractivity contribution in [2.24, 2.45) is 0 Å². The van der Waals surface area contributed by atoms with Gasteiger partial charge in [0.15, 0.2) is 0 Å². The summed E-state index contributed by atoms with van der Waals surface area (Å²) in [5.41, 5.74) is 1.44. The highest BCUT2D eigenvalue weighted by atomic mass is 19.4. The molecule has 0 radical (unpaired) electrons. The molecule has 0 saturated carbocycles. The van der Waals surface area contributed by atoms with Crippen LogP contribution in [0.2, 0.25) is 0 Å². The van der Waals surface area contributed by atoms with E-state index in [4.69, 9.17) is 4.74 Å². The maximum Gasteiger partial charge on any atom is 0.573 e. The van der Waals surface area contributed by atoms with Crippen LogP contribution in [0.25, 0.3) is 0 Å². The van der Waals surface area contributed by atoms with Crippen LogP contribution in [0, 0.1) is 0 Å². The van der Waals surface area contributed by atoms with Crippen molar-refractivity contribution in [3.05, 3.63) is 54.1 Å². The molecule has 2 aromatic carbocycles. The molecule has 0 spiro atoms. The summed E-state index contributed by atoms with van der Waals surface area (Å²) in [6.07, 6.45) is -1.82. The summed E-state index contributed by atoms with van der Waals surface area (Å²) >= 11 is 0. The second-order valence-corrected chi connectivity index (χ2v) is 7.43. The number of urea groups is 1. The number of nitrogens with one attached hydrogen (secondary N) is 2. The van der Waals surface area contributed by atoms with Gasteiger partial charge < -0.3 is 25.0 Å². The van der Waals surface area contributed by atoms with E-state index in [2.05, 4.69) is 20.3 Å². The minimum Gasteiger partial charge on any atom is -0.497 e. The number of ether oxygens (including phenoxy) is 2. The van der Waals surface area contributed by atoms with Crippen molar-refractivity contribution in [2.75, 3.05) is 32.1 Å². The average molecular weight is 437 g/mol. The van der Waals surface area contributed by atoms with Crippen molar-refractivity contribution in [2.45, 2.75) is 31.7 Å². The van der Waals surface area contributed by atoms with Gasteiger partial charge in [0.25, 0.3) is 0 Å². The molecule has 2 aromatic rings. The molecule has 1 aliphatic rings. The van der Waals surface area contributed by atoms with Crippen LogP contribution in [0.15, 0.2) is 48.5 Å². The highest BCUT2D eigenvalue weighted by Gasteiger charge is 2.31. The first-order valence-electron chi connectivity index (χ1n) is 10.1. The molecule has 1 atom stereocenters. The lowest BCUT2D eigenvalue weighted by Crippen LogP contribution is -2.46.